The Morgan fingerprint density at radius 2 is 1.82 bits per heavy atom. The average Bonchev–Trinajstić information content (AvgIpc) is 3.27. The molecule has 0 bridgehead atoms. The molecule has 1 amide bonds. The summed E-state index contributed by atoms with van der Waals surface area (Å²) in [5.74, 6) is 0.350. The fourth-order valence-electron chi connectivity index (χ4n) is 3.75. The summed E-state index contributed by atoms with van der Waals surface area (Å²) in [6, 6.07) is 9.94. The first-order valence-electron chi connectivity index (χ1n) is 12.5. The molecular weight excluding hydrogens is 520 g/mol. The zero-order valence-corrected chi connectivity index (χ0v) is 23.4. The van der Waals surface area contributed by atoms with Crippen LogP contribution in [-0.4, -0.2) is 65.9 Å². The summed E-state index contributed by atoms with van der Waals surface area (Å²) < 4.78 is 35.2. The number of sulfonamides is 1. The minimum atomic E-state index is -4.15. The first-order chi connectivity index (χ1) is 18.6. The number of hydrogen-bond donors (Lipinski definition) is 2. The third kappa shape index (κ3) is 6.32. The van der Waals surface area contributed by atoms with E-state index in [1.54, 1.807) is 27.9 Å². The SMILES string of the molecule is CCOCCn1nc(C(=O)NS(=O)(=O)c2ccc(C)cc2)c2nc(N(C)CC)nc(Nc3cc(C)ccn3)c21. The lowest BCUT2D eigenvalue weighted by molar-refractivity contribution is 0.0975. The molecule has 0 aliphatic rings. The van der Waals surface area contributed by atoms with Gasteiger partial charge in [0.05, 0.1) is 18.0 Å². The number of benzene rings is 1. The largest absolute Gasteiger partial charge is 0.380 e. The number of rotatable bonds is 11. The van der Waals surface area contributed by atoms with Crippen molar-refractivity contribution in [1.82, 2.24) is 29.5 Å². The van der Waals surface area contributed by atoms with Gasteiger partial charge in [-0.15, -0.1) is 0 Å². The molecule has 0 saturated heterocycles. The van der Waals surface area contributed by atoms with E-state index >= 15 is 0 Å². The summed E-state index contributed by atoms with van der Waals surface area (Å²) in [4.78, 5) is 28.9. The number of hydrogen-bond acceptors (Lipinski definition) is 10. The lowest BCUT2D eigenvalue weighted by Crippen LogP contribution is -2.31. The number of ether oxygens (including phenoxy) is 1. The summed E-state index contributed by atoms with van der Waals surface area (Å²) in [7, 11) is -2.34. The van der Waals surface area contributed by atoms with Gasteiger partial charge in [0.25, 0.3) is 15.9 Å². The Morgan fingerprint density at radius 3 is 2.49 bits per heavy atom. The van der Waals surface area contributed by atoms with E-state index in [1.165, 1.54) is 12.1 Å². The fraction of sp³-hybridized carbons (Fsp3) is 0.346. The Kier molecular flexibility index (Phi) is 8.41. The molecule has 0 aliphatic carbocycles. The zero-order valence-electron chi connectivity index (χ0n) is 22.6. The number of carbonyl (C=O) groups excluding carboxylic acids is 1. The molecule has 13 heteroatoms. The minimum Gasteiger partial charge on any atom is -0.380 e. The molecule has 0 fully saturated rings. The van der Waals surface area contributed by atoms with Crippen molar-refractivity contribution in [3.05, 3.63) is 59.4 Å². The molecule has 4 aromatic rings. The van der Waals surface area contributed by atoms with Gasteiger partial charge in [-0.1, -0.05) is 17.7 Å². The topological polar surface area (TPSA) is 144 Å². The van der Waals surface area contributed by atoms with Crippen LogP contribution in [0.3, 0.4) is 0 Å². The van der Waals surface area contributed by atoms with Crippen molar-refractivity contribution in [2.24, 2.45) is 0 Å². The Hall–Kier alpha value is -4.10. The fourth-order valence-corrected chi connectivity index (χ4v) is 4.71. The summed E-state index contributed by atoms with van der Waals surface area (Å²) in [5.41, 5.74) is 2.36. The van der Waals surface area contributed by atoms with Gasteiger partial charge >= 0.3 is 0 Å². The predicted octanol–water partition coefficient (Wildman–Crippen LogP) is 3.19. The second-order valence-electron chi connectivity index (χ2n) is 8.94. The number of anilines is 3. The molecule has 39 heavy (non-hydrogen) atoms. The van der Waals surface area contributed by atoms with Crippen molar-refractivity contribution >= 4 is 44.5 Å². The Balaban J connectivity index is 1.85. The van der Waals surface area contributed by atoms with Crippen molar-refractivity contribution < 1.29 is 17.9 Å². The highest BCUT2D eigenvalue weighted by Gasteiger charge is 2.27. The summed E-state index contributed by atoms with van der Waals surface area (Å²) in [5, 5.41) is 7.71. The highest BCUT2D eigenvalue weighted by Crippen LogP contribution is 2.29. The summed E-state index contributed by atoms with van der Waals surface area (Å²) >= 11 is 0. The second-order valence-corrected chi connectivity index (χ2v) is 10.6. The molecule has 0 radical (unpaired) electrons. The number of nitrogens with one attached hydrogen (secondary N) is 2. The standard InChI is InChI=1S/C26H32N8O4S/c1-6-33(5)26-29-21-22(25(35)32-39(36,37)19-10-8-17(3)9-11-19)31-34(14-15-38-7-2)23(21)24(30-26)28-20-16-18(4)12-13-27-20/h8-13,16H,6-7,14-15H2,1-5H3,(H,32,35)(H,27,28,29,30). The maximum absolute atomic E-state index is 13.4. The third-order valence-corrected chi connectivity index (χ3v) is 7.32. The predicted molar refractivity (Wildman–Crippen MR) is 149 cm³/mol. The zero-order chi connectivity index (χ0) is 28.2. The molecule has 0 spiro atoms. The van der Waals surface area contributed by atoms with Gasteiger partial charge in [-0.05, 0) is 57.5 Å². The van der Waals surface area contributed by atoms with E-state index in [-0.39, 0.29) is 22.7 Å². The molecular formula is C26H32N8O4S. The first-order valence-corrected chi connectivity index (χ1v) is 14.0. The van der Waals surface area contributed by atoms with E-state index in [4.69, 9.17) is 9.72 Å². The minimum absolute atomic E-state index is 0.0320. The average molecular weight is 553 g/mol. The van der Waals surface area contributed by atoms with Crippen LogP contribution in [0.25, 0.3) is 11.0 Å². The number of carbonyl (C=O) groups is 1. The highest BCUT2D eigenvalue weighted by atomic mass is 32.2. The van der Waals surface area contributed by atoms with Crippen molar-refractivity contribution in [3.8, 4) is 0 Å². The molecule has 0 atom stereocenters. The van der Waals surface area contributed by atoms with Crippen LogP contribution in [0.2, 0.25) is 0 Å². The van der Waals surface area contributed by atoms with Gasteiger partial charge in [0.2, 0.25) is 5.95 Å². The smallest absolute Gasteiger partial charge is 0.287 e. The van der Waals surface area contributed by atoms with E-state index in [1.807, 2.05) is 46.9 Å². The number of fused-ring (bicyclic) bond motifs is 1. The van der Waals surface area contributed by atoms with Gasteiger partial charge in [-0.3, -0.25) is 9.48 Å². The normalized spacial score (nSPS) is 11.5. The second kappa shape index (κ2) is 11.7. The molecule has 1 aromatic carbocycles. The molecule has 3 aromatic heterocycles. The summed E-state index contributed by atoms with van der Waals surface area (Å²) in [6.45, 7) is 9.30. The Bertz CT molecular complexity index is 1590. The van der Waals surface area contributed by atoms with Crippen LogP contribution in [0.5, 0.6) is 0 Å². The van der Waals surface area contributed by atoms with Crippen LogP contribution >= 0.6 is 0 Å². The van der Waals surface area contributed by atoms with Crippen LogP contribution in [0.15, 0.2) is 47.5 Å². The highest BCUT2D eigenvalue weighted by molar-refractivity contribution is 7.90. The van der Waals surface area contributed by atoms with Crippen molar-refractivity contribution in [2.45, 2.75) is 39.1 Å². The van der Waals surface area contributed by atoms with E-state index in [0.29, 0.717) is 42.9 Å². The van der Waals surface area contributed by atoms with E-state index < -0.39 is 15.9 Å². The van der Waals surface area contributed by atoms with Gasteiger partial charge in [-0.25, -0.2) is 23.1 Å². The van der Waals surface area contributed by atoms with Gasteiger partial charge in [0.1, 0.15) is 16.9 Å². The molecule has 3 heterocycles. The van der Waals surface area contributed by atoms with Crippen LogP contribution in [-0.2, 0) is 21.3 Å². The van der Waals surface area contributed by atoms with Crippen molar-refractivity contribution in [3.63, 3.8) is 0 Å². The van der Waals surface area contributed by atoms with Crippen LogP contribution < -0.4 is 14.9 Å². The maximum atomic E-state index is 13.4. The molecule has 0 aliphatic heterocycles. The molecule has 0 unspecified atom stereocenters. The Labute approximate surface area is 227 Å². The van der Waals surface area contributed by atoms with E-state index in [9.17, 15) is 13.2 Å². The molecule has 4 rings (SSSR count). The molecule has 2 N–H and O–H groups in total. The van der Waals surface area contributed by atoms with E-state index in [0.717, 1.165) is 11.1 Å². The maximum Gasteiger partial charge on any atom is 0.287 e. The Morgan fingerprint density at radius 1 is 1.08 bits per heavy atom. The number of pyridine rings is 1. The molecule has 206 valence electrons. The van der Waals surface area contributed by atoms with Crippen LogP contribution in [0, 0.1) is 13.8 Å². The quantitative estimate of drug-likeness (QED) is 0.266. The van der Waals surface area contributed by atoms with E-state index in [2.05, 4.69) is 25.1 Å². The van der Waals surface area contributed by atoms with Gasteiger partial charge in [-0.2, -0.15) is 10.1 Å². The van der Waals surface area contributed by atoms with Crippen LogP contribution in [0.4, 0.5) is 17.6 Å². The third-order valence-electron chi connectivity index (χ3n) is 5.98. The lowest BCUT2D eigenvalue weighted by Gasteiger charge is -2.17. The van der Waals surface area contributed by atoms with Gasteiger partial charge in [0.15, 0.2) is 11.5 Å². The first kappa shape index (κ1) is 27.9. The van der Waals surface area contributed by atoms with Gasteiger partial charge < -0.3 is 15.0 Å². The number of aryl methyl sites for hydroxylation is 2. The number of amides is 1. The summed E-state index contributed by atoms with van der Waals surface area (Å²) in [6.07, 6.45) is 1.68. The molecule has 0 saturated carbocycles. The van der Waals surface area contributed by atoms with Crippen LogP contribution in [0.1, 0.15) is 35.5 Å². The van der Waals surface area contributed by atoms with Gasteiger partial charge in [0, 0.05) is 26.4 Å². The molecule has 12 nitrogen and oxygen atoms in total. The number of nitrogens with zero attached hydrogens (tertiary/aromatic N) is 6. The number of aromatic nitrogens is 5. The van der Waals surface area contributed by atoms with Crippen molar-refractivity contribution in [2.75, 3.05) is 37.0 Å². The monoisotopic (exact) mass is 552 g/mol. The lowest BCUT2D eigenvalue weighted by atomic mass is 10.2. The van der Waals surface area contributed by atoms with Crippen molar-refractivity contribution in [1.29, 1.82) is 0 Å².